The Morgan fingerprint density at radius 2 is 2.00 bits per heavy atom. The number of hydrogen-bond acceptors (Lipinski definition) is 6. The first-order valence-electron chi connectivity index (χ1n) is 4.73. The van der Waals surface area contributed by atoms with Crippen LogP contribution in [0.15, 0.2) is 0 Å². The molecule has 1 unspecified atom stereocenters. The molecule has 0 aromatic carbocycles. The number of primary amides is 1. The van der Waals surface area contributed by atoms with E-state index in [0.717, 1.165) is 0 Å². The molecule has 0 aromatic heterocycles. The maximum atomic E-state index is 11.3. The lowest BCUT2D eigenvalue weighted by atomic mass is 10.4. The van der Waals surface area contributed by atoms with E-state index in [1.54, 1.807) is 0 Å². The van der Waals surface area contributed by atoms with Crippen molar-refractivity contribution in [3.8, 4) is 0 Å². The Morgan fingerprint density at radius 3 is 2.50 bits per heavy atom. The average Bonchev–Trinajstić information content (AvgIpc) is 2.21. The zero-order chi connectivity index (χ0) is 12.6. The second-order valence-corrected chi connectivity index (χ2v) is 6.73. The molecule has 0 heterocycles. The number of rotatable bonds is 9. The van der Waals surface area contributed by atoms with Crippen LogP contribution < -0.4 is 5.73 Å². The molecule has 6 nitrogen and oxygen atoms in total. The Kier molecular flexibility index (Phi) is 7.73. The van der Waals surface area contributed by atoms with E-state index in [9.17, 15) is 13.2 Å². The van der Waals surface area contributed by atoms with E-state index >= 15 is 0 Å². The van der Waals surface area contributed by atoms with Crippen LogP contribution in [0.3, 0.4) is 0 Å². The van der Waals surface area contributed by atoms with Crippen LogP contribution in [0.2, 0.25) is 0 Å². The molecule has 1 atom stereocenters. The minimum absolute atomic E-state index is 0.0525. The van der Waals surface area contributed by atoms with Crippen molar-refractivity contribution >= 4 is 27.5 Å². The molecular weight excluding hydrogens is 254 g/mol. The summed E-state index contributed by atoms with van der Waals surface area (Å²) in [5.74, 6) is -0.291. The van der Waals surface area contributed by atoms with Gasteiger partial charge in [0.2, 0.25) is 5.91 Å². The van der Waals surface area contributed by atoms with Crippen LogP contribution in [0.1, 0.15) is 6.42 Å². The van der Waals surface area contributed by atoms with E-state index in [0.29, 0.717) is 11.5 Å². The van der Waals surface area contributed by atoms with Crippen molar-refractivity contribution in [2.75, 3.05) is 29.6 Å². The van der Waals surface area contributed by atoms with Crippen LogP contribution in [0.4, 0.5) is 0 Å². The molecule has 96 valence electrons. The highest BCUT2D eigenvalue weighted by Crippen LogP contribution is 2.05. The molecule has 0 saturated carbocycles. The van der Waals surface area contributed by atoms with Gasteiger partial charge in [-0.1, -0.05) is 0 Å². The van der Waals surface area contributed by atoms with Crippen molar-refractivity contribution < 1.29 is 23.4 Å². The summed E-state index contributed by atoms with van der Waals surface area (Å²) in [6.07, 6.45) is -0.981. The minimum Gasteiger partial charge on any atom is -0.394 e. The van der Waals surface area contributed by atoms with Crippen LogP contribution in [0.5, 0.6) is 0 Å². The second kappa shape index (κ2) is 7.88. The smallest absolute Gasteiger partial charge is 0.218 e. The first-order valence-corrected chi connectivity index (χ1v) is 7.70. The van der Waals surface area contributed by atoms with E-state index in [1.165, 1.54) is 11.8 Å². The predicted molar refractivity (Wildman–Crippen MR) is 62.9 cm³/mol. The highest BCUT2D eigenvalue weighted by Gasteiger charge is 2.12. The fourth-order valence-corrected chi connectivity index (χ4v) is 3.56. The monoisotopic (exact) mass is 271 g/mol. The van der Waals surface area contributed by atoms with Crippen molar-refractivity contribution in [3.05, 3.63) is 0 Å². The van der Waals surface area contributed by atoms with Crippen molar-refractivity contribution in [2.45, 2.75) is 12.5 Å². The molecule has 0 aliphatic carbocycles. The Hall–Kier alpha value is -0.310. The molecule has 0 saturated heterocycles. The molecule has 0 fully saturated rings. The summed E-state index contributed by atoms with van der Waals surface area (Å²) in [5.41, 5.74) is 4.84. The van der Waals surface area contributed by atoms with Gasteiger partial charge >= 0.3 is 0 Å². The molecule has 4 N–H and O–H groups in total. The minimum atomic E-state index is -3.25. The van der Waals surface area contributed by atoms with Crippen LogP contribution in [-0.4, -0.2) is 60.3 Å². The Bertz CT molecular complexity index is 304. The van der Waals surface area contributed by atoms with Gasteiger partial charge in [0.15, 0.2) is 9.84 Å². The van der Waals surface area contributed by atoms with Gasteiger partial charge in [0.05, 0.1) is 24.2 Å². The zero-order valence-electron chi connectivity index (χ0n) is 8.83. The fraction of sp³-hybridized carbons (Fsp3) is 0.875. The number of sulfone groups is 1. The summed E-state index contributed by atoms with van der Waals surface area (Å²) >= 11 is 1.24. The van der Waals surface area contributed by atoms with Crippen LogP contribution in [0.25, 0.3) is 0 Å². The third-order valence-electron chi connectivity index (χ3n) is 1.72. The lowest BCUT2D eigenvalue weighted by Crippen LogP contribution is -2.20. The number of aliphatic hydroxyl groups is 2. The summed E-state index contributed by atoms with van der Waals surface area (Å²) in [4.78, 5) is 10.4. The van der Waals surface area contributed by atoms with Gasteiger partial charge in [-0.15, -0.1) is 0 Å². The maximum absolute atomic E-state index is 11.3. The molecule has 1 amide bonds. The summed E-state index contributed by atoms with van der Waals surface area (Å²) in [6, 6.07) is 0. The summed E-state index contributed by atoms with van der Waals surface area (Å²) in [6.45, 7) is -0.332. The Balaban J connectivity index is 3.70. The molecular formula is C8H17NO5S2. The van der Waals surface area contributed by atoms with Gasteiger partial charge in [0.25, 0.3) is 0 Å². The first kappa shape index (κ1) is 15.7. The third-order valence-corrected chi connectivity index (χ3v) is 4.74. The van der Waals surface area contributed by atoms with Crippen LogP contribution >= 0.6 is 11.8 Å². The average molecular weight is 271 g/mol. The van der Waals surface area contributed by atoms with Crippen LogP contribution in [-0.2, 0) is 14.6 Å². The van der Waals surface area contributed by atoms with Crippen molar-refractivity contribution in [2.24, 2.45) is 5.73 Å². The number of carbonyl (C=O) groups is 1. The normalized spacial score (nSPS) is 13.6. The van der Waals surface area contributed by atoms with Gasteiger partial charge in [0, 0.05) is 17.9 Å². The van der Waals surface area contributed by atoms with Crippen LogP contribution in [0, 0.1) is 0 Å². The number of aliphatic hydroxyl groups excluding tert-OH is 2. The van der Waals surface area contributed by atoms with E-state index in [1.807, 2.05) is 0 Å². The molecule has 0 spiro atoms. The lowest BCUT2D eigenvalue weighted by molar-refractivity contribution is -0.117. The van der Waals surface area contributed by atoms with E-state index in [-0.39, 0.29) is 24.5 Å². The van der Waals surface area contributed by atoms with Gasteiger partial charge in [-0.3, -0.25) is 4.79 Å². The van der Waals surface area contributed by atoms with Gasteiger partial charge in [-0.05, 0) is 0 Å². The standard InChI is InChI=1S/C8H17NO5S2/c9-8(12)1-3-16(13,14)4-2-15-6-7(11)5-10/h7,10-11H,1-6H2,(H2,9,12). The Morgan fingerprint density at radius 1 is 1.38 bits per heavy atom. The summed E-state index contributed by atoms with van der Waals surface area (Å²) < 4.78 is 22.6. The largest absolute Gasteiger partial charge is 0.394 e. The molecule has 8 heteroatoms. The van der Waals surface area contributed by atoms with Crippen molar-refractivity contribution in [3.63, 3.8) is 0 Å². The van der Waals surface area contributed by atoms with Gasteiger partial charge in [-0.2, -0.15) is 11.8 Å². The van der Waals surface area contributed by atoms with E-state index in [4.69, 9.17) is 15.9 Å². The molecule has 16 heavy (non-hydrogen) atoms. The molecule has 0 bridgehead atoms. The fourth-order valence-electron chi connectivity index (χ4n) is 0.816. The quantitative estimate of drug-likeness (QED) is 0.433. The number of nitrogens with two attached hydrogens (primary N) is 1. The predicted octanol–water partition coefficient (Wildman–Crippen LogP) is -1.64. The van der Waals surface area contributed by atoms with E-state index < -0.39 is 21.8 Å². The molecule has 0 aromatic rings. The van der Waals surface area contributed by atoms with Gasteiger partial charge in [-0.25, -0.2) is 8.42 Å². The third kappa shape index (κ3) is 8.96. The summed E-state index contributed by atoms with van der Waals surface area (Å²) in [7, 11) is -3.25. The van der Waals surface area contributed by atoms with Gasteiger partial charge in [0.1, 0.15) is 0 Å². The highest BCUT2D eigenvalue weighted by molar-refractivity contribution is 8.00. The lowest BCUT2D eigenvalue weighted by Gasteiger charge is -2.06. The zero-order valence-corrected chi connectivity index (χ0v) is 10.5. The first-order chi connectivity index (χ1) is 7.37. The van der Waals surface area contributed by atoms with Crippen molar-refractivity contribution in [1.82, 2.24) is 0 Å². The van der Waals surface area contributed by atoms with E-state index in [2.05, 4.69) is 0 Å². The van der Waals surface area contributed by atoms with Gasteiger partial charge < -0.3 is 15.9 Å². The van der Waals surface area contributed by atoms with Crippen molar-refractivity contribution in [1.29, 1.82) is 0 Å². The number of carbonyl (C=O) groups excluding carboxylic acids is 1. The second-order valence-electron chi connectivity index (χ2n) is 3.28. The molecule has 0 aliphatic rings. The highest BCUT2D eigenvalue weighted by atomic mass is 32.2. The molecule has 0 rings (SSSR count). The molecule has 0 aliphatic heterocycles. The SMILES string of the molecule is NC(=O)CCS(=O)(=O)CCSCC(O)CO. The maximum Gasteiger partial charge on any atom is 0.218 e. The number of hydrogen-bond donors (Lipinski definition) is 3. The number of thioether (sulfide) groups is 1. The topological polar surface area (TPSA) is 118 Å². The number of amides is 1. The molecule has 0 radical (unpaired) electrons. The summed E-state index contributed by atoms with van der Waals surface area (Å²) in [5, 5.41) is 17.5. The Labute approximate surface area is 99.1 Å².